The minimum atomic E-state index is 0.539. The Morgan fingerprint density at radius 3 is 2.85 bits per heavy atom. The van der Waals surface area contributed by atoms with Crippen LogP contribution in [0.4, 0.5) is 0 Å². The van der Waals surface area contributed by atoms with Crippen LogP contribution in [0.3, 0.4) is 0 Å². The number of nitrogens with zero attached hydrogens (tertiary/aromatic N) is 2. The Morgan fingerprint density at radius 1 is 1.38 bits per heavy atom. The number of hydrogen-bond acceptors (Lipinski definition) is 1. The molecular formula is C11H14N2. The van der Waals surface area contributed by atoms with Gasteiger partial charge in [0.2, 0.25) is 0 Å². The molecule has 0 saturated carbocycles. The Balaban J connectivity index is 2.75. The molecule has 68 valence electrons. The molecule has 0 fully saturated rings. The monoisotopic (exact) mass is 174 g/mol. The van der Waals surface area contributed by atoms with Crippen LogP contribution in [0.15, 0.2) is 24.5 Å². The summed E-state index contributed by atoms with van der Waals surface area (Å²) in [6.07, 6.45) is 4.02. The zero-order valence-electron chi connectivity index (χ0n) is 8.28. The summed E-state index contributed by atoms with van der Waals surface area (Å²) in [6.45, 7) is 6.49. The summed E-state index contributed by atoms with van der Waals surface area (Å²) in [6, 6.07) is 4.18. The van der Waals surface area contributed by atoms with Gasteiger partial charge >= 0.3 is 0 Å². The highest BCUT2D eigenvalue weighted by atomic mass is 15.0. The maximum atomic E-state index is 4.31. The lowest BCUT2D eigenvalue weighted by atomic mass is 10.1. The summed E-state index contributed by atoms with van der Waals surface area (Å²) >= 11 is 0. The Bertz CT molecular complexity index is 427. The lowest BCUT2D eigenvalue weighted by Crippen LogP contribution is -1.98. The number of hydrogen-bond donors (Lipinski definition) is 0. The number of aromatic nitrogens is 2. The maximum Gasteiger partial charge on any atom is 0.137 e. The van der Waals surface area contributed by atoms with Crippen LogP contribution in [0.2, 0.25) is 0 Å². The standard InChI is InChI=1S/C11H14N2/c1-8(2)10-4-5-12-11-6-9(3)7-13(10)11/h4-8H,1-3H3. The highest BCUT2D eigenvalue weighted by Crippen LogP contribution is 2.16. The number of fused-ring (bicyclic) bond motifs is 1. The largest absolute Gasteiger partial charge is 0.305 e. The molecule has 0 radical (unpaired) electrons. The highest BCUT2D eigenvalue weighted by Gasteiger charge is 2.05. The van der Waals surface area contributed by atoms with Gasteiger partial charge in [-0.1, -0.05) is 13.8 Å². The maximum absolute atomic E-state index is 4.31. The Morgan fingerprint density at radius 2 is 2.15 bits per heavy atom. The summed E-state index contributed by atoms with van der Waals surface area (Å²) in [5, 5.41) is 0. The zero-order valence-corrected chi connectivity index (χ0v) is 8.28. The fourth-order valence-corrected chi connectivity index (χ4v) is 1.63. The molecule has 0 saturated heterocycles. The molecule has 0 amide bonds. The van der Waals surface area contributed by atoms with E-state index in [4.69, 9.17) is 0 Å². The van der Waals surface area contributed by atoms with E-state index in [-0.39, 0.29) is 0 Å². The van der Waals surface area contributed by atoms with Crippen LogP contribution < -0.4 is 0 Å². The summed E-state index contributed by atoms with van der Waals surface area (Å²) in [5.74, 6) is 0.539. The molecule has 0 aliphatic carbocycles. The molecule has 0 aromatic carbocycles. The van der Waals surface area contributed by atoms with E-state index in [1.165, 1.54) is 11.3 Å². The summed E-state index contributed by atoms with van der Waals surface area (Å²) < 4.78 is 2.17. The average Bonchev–Trinajstić information content (AvgIpc) is 2.43. The molecule has 0 spiro atoms. The van der Waals surface area contributed by atoms with Gasteiger partial charge in [0.25, 0.3) is 0 Å². The second kappa shape index (κ2) is 2.87. The van der Waals surface area contributed by atoms with Gasteiger partial charge in [-0.15, -0.1) is 0 Å². The van der Waals surface area contributed by atoms with Crippen molar-refractivity contribution in [2.75, 3.05) is 0 Å². The Labute approximate surface area is 78.2 Å². The zero-order chi connectivity index (χ0) is 9.42. The van der Waals surface area contributed by atoms with Crippen molar-refractivity contribution in [1.82, 2.24) is 9.38 Å². The fraction of sp³-hybridized carbons (Fsp3) is 0.364. The normalized spacial score (nSPS) is 11.4. The molecule has 2 aromatic rings. The van der Waals surface area contributed by atoms with Gasteiger partial charge in [-0.2, -0.15) is 0 Å². The molecule has 0 aliphatic rings. The Kier molecular flexibility index (Phi) is 1.83. The van der Waals surface area contributed by atoms with E-state index in [9.17, 15) is 0 Å². The molecule has 0 aliphatic heterocycles. The molecule has 2 rings (SSSR count). The molecule has 2 heteroatoms. The van der Waals surface area contributed by atoms with Gasteiger partial charge in [0.1, 0.15) is 5.65 Å². The first-order chi connectivity index (χ1) is 6.18. The average molecular weight is 174 g/mol. The number of aryl methyl sites for hydroxylation is 1. The van der Waals surface area contributed by atoms with Crippen molar-refractivity contribution in [3.63, 3.8) is 0 Å². The molecule has 2 aromatic heterocycles. The highest BCUT2D eigenvalue weighted by molar-refractivity contribution is 5.44. The van der Waals surface area contributed by atoms with Crippen LogP contribution in [0.25, 0.3) is 5.65 Å². The summed E-state index contributed by atoms with van der Waals surface area (Å²) in [4.78, 5) is 4.31. The predicted octanol–water partition coefficient (Wildman–Crippen LogP) is 2.77. The van der Waals surface area contributed by atoms with Gasteiger partial charge < -0.3 is 4.40 Å². The van der Waals surface area contributed by atoms with E-state index in [2.05, 4.69) is 48.5 Å². The van der Waals surface area contributed by atoms with Crippen molar-refractivity contribution in [3.05, 3.63) is 35.8 Å². The molecule has 2 nitrogen and oxygen atoms in total. The minimum absolute atomic E-state index is 0.539. The van der Waals surface area contributed by atoms with Crippen LogP contribution >= 0.6 is 0 Å². The Hall–Kier alpha value is -1.31. The van der Waals surface area contributed by atoms with E-state index < -0.39 is 0 Å². The molecule has 2 heterocycles. The van der Waals surface area contributed by atoms with Crippen molar-refractivity contribution in [3.8, 4) is 0 Å². The van der Waals surface area contributed by atoms with Gasteiger partial charge in [-0.25, -0.2) is 4.98 Å². The second-order valence-electron chi connectivity index (χ2n) is 3.77. The summed E-state index contributed by atoms with van der Waals surface area (Å²) in [5.41, 5.74) is 3.63. The van der Waals surface area contributed by atoms with Crippen molar-refractivity contribution in [2.45, 2.75) is 26.7 Å². The third-order valence-corrected chi connectivity index (χ3v) is 2.26. The van der Waals surface area contributed by atoms with Gasteiger partial charge in [0, 0.05) is 18.1 Å². The SMILES string of the molecule is Cc1cc2nccc(C(C)C)n2c1. The number of rotatable bonds is 1. The topological polar surface area (TPSA) is 17.3 Å². The van der Waals surface area contributed by atoms with Crippen molar-refractivity contribution >= 4 is 5.65 Å². The molecule has 0 atom stereocenters. The molecule has 0 unspecified atom stereocenters. The van der Waals surface area contributed by atoms with E-state index in [0.29, 0.717) is 5.92 Å². The van der Waals surface area contributed by atoms with E-state index in [1.807, 2.05) is 6.20 Å². The molecule has 0 N–H and O–H groups in total. The second-order valence-corrected chi connectivity index (χ2v) is 3.77. The van der Waals surface area contributed by atoms with Crippen LogP contribution in [-0.2, 0) is 0 Å². The van der Waals surface area contributed by atoms with Crippen LogP contribution in [0, 0.1) is 6.92 Å². The first-order valence-electron chi connectivity index (χ1n) is 4.62. The third-order valence-electron chi connectivity index (χ3n) is 2.26. The third kappa shape index (κ3) is 1.32. The van der Waals surface area contributed by atoms with E-state index in [1.54, 1.807) is 0 Å². The van der Waals surface area contributed by atoms with Crippen LogP contribution in [0.5, 0.6) is 0 Å². The van der Waals surface area contributed by atoms with Gasteiger partial charge in [-0.3, -0.25) is 0 Å². The van der Waals surface area contributed by atoms with Crippen LogP contribution in [-0.4, -0.2) is 9.38 Å². The van der Waals surface area contributed by atoms with Crippen LogP contribution in [0.1, 0.15) is 31.0 Å². The smallest absolute Gasteiger partial charge is 0.137 e. The summed E-state index contributed by atoms with van der Waals surface area (Å²) in [7, 11) is 0. The van der Waals surface area contributed by atoms with Crippen molar-refractivity contribution < 1.29 is 0 Å². The minimum Gasteiger partial charge on any atom is -0.305 e. The van der Waals surface area contributed by atoms with Gasteiger partial charge in [-0.05, 0) is 30.5 Å². The van der Waals surface area contributed by atoms with Crippen molar-refractivity contribution in [1.29, 1.82) is 0 Å². The fourth-order valence-electron chi connectivity index (χ4n) is 1.63. The lowest BCUT2D eigenvalue weighted by Gasteiger charge is -2.07. The first kappa shape index (κ1) is 8.30. The molecule has 0 bridgehead atoms. The van der Waals surface area contributed by atoms with Gasteiger partial charge in [0.15, 0.2) is 0 Å². The quantitative estimate of drug-likeness (QED) is 0.649. The predicted molar refractivity (Wildman–Crippen MR) is 54.0 cm³/mol. The molecule has 13 heavy (non-hydrogen) atoms. The van der Waals surface area contributed by atoms with E-state index in [0.717, 1.165) is 5.65 Å². The molecular weight excluding hydrogens is 160 g/mol. The van der Waals surface area contributed by atoms with Gasteiger partial charge in [0.05, 0.1) is 0 Å². The van der Waals surface area contributed by atoms with Crippen molar-refractivity contribution in [2.24, 2.45) is 0 Å². The lowest BCUT2D eigenvalue weighted by molar-refractivity contribution is 0.795. The van der Waals surface area contributed by atoms with E-state index >= 15 is 0 Å². The first-order valence-corrected chi connectivity index (χ1v) is 4.62.